The number of anilines is 1. The SMILES string of the molecule is CS(=O)(=O)NC(=O)Nc1c(-c2ccnc(OC3c4ccccc4-c4ccccc43)c2)ccc2c1CCC2. The van der Waals surface area contributed by atoms with E-state index in [1.54, 1.807) is 6.20 Å². The fraction of sp³-hybridized carbons (Fsp3) is 0.172. The molecule has 2 N–H and O–H groups in total. The molecule has 3 aromatic carbocycles. The molecule has 0 spiro atoms. The highest BCUT2D eigenvalue weighted by molar-refractivity contribution is 7.89. The van der Waals surface area contributed by atoms with Gasteiger partial charge in [0, 0.05) is 29.0 Å². The highest BCUT2D eigenvalue weighted by atomic mass is 32.2. The van der Waals surface area contributed by atoms with Crippen LogP contribution < -0.4 is 14.8 Å². The molecule has 7 nitrogen and oxygen atoms in total. The summed E-state index contributed by atoms with van der Waals surface area (Å²) < 4.78 is 31.7. The van der Waals surface area contributed by atoms with Crippen molar-refractivity contribution in [2.24, 2.45) is 0 Å². The normalized spacial score (nSPS) is 14.0. The second-order valence-corrected chi connectivity index (χ2v) is 11.1. The number of carbonyl (C=O) groups excluding carboxylic acids is 1. The maximum absolute atomic E-state index is 12.5. The van der Waals surface area contributed by atoms with Gasteiger partial charge in [0.15, 0.2) is 6.10 Å². The number of nitrogens with zero attached hydrogens (tertiary/aromatic N) is 1. The Bertz CT molecular complexity index is 1600. The topological polar surface area (TPSA) is 97.4 Å². The van der Waals surface area contributed by atoms with Crippen LogP contribution in [0.1, 0.15) is 34.8 Å². The molecule has 0 bridgehead atoms. The van der Waals surface area contributed by atoms with E-state index in [0.29, 0.717) is 11.6 Å². The highest BCUT2D eigenvalue weighted by Crippen LogP contribution is 2.45. The van der Waals surface area contributed by atoms with Crippen LogP contribution in [-0.4, -0.2) is 25.7 Å². The van der Waals surface area contributed by atoms with E-state index in [-0.39, 0.29) is 6.10 Å². The number of nitrogens with one attached hydrogen (secondary N) is 2. The number of fused-ring (bicyclic) bond motifs is 4. The lowest BCUT2D eigenvalue weighted by atomic mass is 9.98. The highest BCUT2D eigenvalue weighted by Gasteiger charge is 2.30. The Labute approximate surface area is 215 Å². The van der Waals surface area contributed by atoms with Crippen LogP contribution in [0.2, 0.25) is 0 Å². The van der Waals surface area contributed by atoms with Crippen molar-refractivity contribution >= 4 is 21.7 Å². The summed E-state index contributed by atoms with van der Waals surface area (Å²) in [4.78, 5) is 17.0. The van der Waals surface area contributed by atoms with Gasteiger partial charge in [-0.05, 0) is 53.1 Å². The Morgan fingerprint density at radius 1 is 0.919 bits per heavy atom. The lowest BCUT2D eigenvalue weighted by molar-refractivity contribution is 0.242. The lowest BCUT2D eigenvalue weighted by Gasteiger charge is -2.18. The molecule has 2 aliphatic rings. The zero-order valence-corrected chi connectivity index (χ0v) is 21.0. The number of amides is 2. The molecule has 0 atom stereocenters. The Balaban J connectivity index is 1.37. The molecule has 6 rings (SSSR count). The van der Waals surface area contributed by atoms with E-state index in [1.165, 1.54) is 0 Å². The Kier molecular flexibility index (Phi) is 5.68. The summed E-state index contributed by atoms with van der Waals surface area (Å²) in [6.45, 7) is 0. The third kappa shape index (κ3) is 4.44. The number of urea groups is 1. The average Bonchev–Trinajstić information content (AvgIpc) is 3.47. The van der Waals surface area contributed by atoms with Crippen LogP contribution in [0.5, 0.6) is 5.88 Å². The van der Waals surface area contributed by atoms with Gasteiger partial charge in [0.2, 0.25) is 15.9 Å². The van der Waals surface area contributed by atoms with Gasteiger partial charge in [-0.2, -0.15) is 0 Å². The number of sulfonamides is 1. The van der Waals surface area contributed by atoms with Crippen molar-refractivity contribution < 1.29 is 17.9 Å². The number of carbonyl (C=O) groups is 1. The Morgan fingerprint density at radius 2 is 1.62 bits per heavy atom. The maximum atomic E-state index is 12.5. The fourth-order valence-electron chi connectivity index (χ4n) is 5.36. The summed E-state index contributed by atoms with van der Waals surface area (Å²) in [5.74, 6) is 0.459. The van der Waals surface area contributed by atoms with E-state index in [4.69, 9.17) is 4.74 Å². The summed E-state index contributed by atoms with van der Waals surface area (Å²) in [5, 5.41) is 2.79. The van der Waals surface area contributed by atoms with E-state index >= 15 is 0 Å². The van der Waals surface area contributed by atoms with E-state index < -0.39 is 16.1 Å². The third-order valence-electron chi connectivity index (χ3n) is 6.86. The van der Waals surface area contributed by atoms with Gasteiger partial charge in [0.1, 0.15) is 0 Å². The van der Waals surface area contributed by atoms with Gasteiger partial charge in [-0.25, -0.2) is 22.9 Å². The van der Waals surface area contributed by atoms with E-state index in [1.807, 2.05) is 47.2 Å². The number of rotatable bonds is 5. The first-order valence-electron chi connectivity index (χ1n) is 12.1. The number of benzene rings is 3. The van der Waals surface area contributed by atoms with Crippen LogP contribution in [0.3, 0.4) is 0 Å². The molecule has 0 aliphatic heterocycles. The number of aryl methyl sites for hydroxylation is 1. The molecule has 2 aliphatic carbocycles. The summed E-state index contributed by atoms with van der Waals surface area (Å²) >= 11 is 0. The second kappa shape index (κ2) is 9.05. The van der Waals surface area contributed by atoms with Crippen LogP contribution in [-0.2, 0) is 22.9 Å². The number of pyridine rings is 1. The van der Waals surface area contributed by atoms with Gasteiger partial charge in [-0.3, -0.25) is 0 Å². The van der Waals surface area contributed by atoms with Crippen LogP contribution in [0, 0.1) is 0 Å². The minimum atomic E-state index is -3.70. The fourth-order valence-corrected chi connectivity index (χ4v) is 5.74. The Hall–Kier alpha value is -4.17. The first-order chi connectivity index (χ1) is 17.9. The minimum absolute atomic E-state index is 0.284. The zero-order chi connectivity index (χ0) is 25.6. The van der Waals surface area contributed by atoms with Crippen LogP contribution in [0.15, 0.2) is 79.0 Å². The number of ether oxygens (including phenoxy) is 1. The summed E-state index contributed by atoms with van der Waals surface area (Å²) in [5.41, 5.74) is 8.88. The largest absolute Gasteiger partial charge is 0.464 e. The molecule has 8 heteroatoms. The molecule has 4 aromatic rings. The molecule has 0 saturated heterocycles. The summed E-state index contributed by atoms with van der Waals surface area (Å²) in [6.07, 6.45) is 5.06. The van der Waals surface area contributed by atoms with E-state index in [0.717, 1.165) is 70.0 Å². The van der Waals surface area contributed by atoms with Crippen molar-refractivity contribution in [3.63, 3.8) is 0 Å². The van der Waals surface area contributed by atoms with Crippen LogP contribution in [0.25, 0.3) is 22.3 Å². The first-order valence-corrected chi connectivity index (χ1v) is 14.0. The van der Waals surface area contributed by atoms with Crippen LogP contribution >= 0.6 is 0 Å². The standard InChI is InChI=1S/C29H25N3O4S/c1-37(34,35)32-29(33)31-27-20-12-6-7-18(20)13-14-21(27)19-15-16-30-26(17-19)36-28-24-10-4-2-8-22(24)23-9-3-5-11-25(23)28/h2-5,8-11,13-17,28H,6-7,12H2,1H3,(H2,31,32,33). The second-order valence-electron chi connectivity index (χ2n) is 9.36. The number of aromatic nitrogens is 1. The van der Waals surface area contributed by atoms with Gasteiger partial charge < -0.3 is 10.1 Å². The van der Waals surface area contributed by atoms with Crippen molar-refractivity contribution in [1.82, 2.24) is 9.71 Å². The molecule has 2 amide bonds. The Morgan fingerprint density at radius 3 is 2.32 bits per heavy atom. The molecule has 1 heterocycles. The van der Waals surface area contributed by atoms with E-state index in [2.05, 4.69) is 40.6 Å². The van der Waals surface area contributed by atoms with Gasteiger partial charge in [0.05, 0.1) is 11.9 Å². The maximum Gasteiger partial charge on any atom is 0.332 e. The smallest absolute Gasteiger partial charge is 0.332 e. The quantitative estimate of drug-likeness (QED) is 0.371. The average molecular weight is 512 g/mol. The van der Waals surface area contributed by atoms with Crippen molar-refractivity contribution in [2.75, 3.05) is 11.6 Å². The molecular weight excluding hydrogens is 486 g/mol. The van der Waals surface area contributed by atoms with E-state index in [9.17, 15) is 13.2 Å². The molecule has 0 saturated carbocycles. The van der Waals surface area contributed by atoms with Crippen molar-refractivity contribution in [3.05, 3.63) is 101 Å². The van der Waals surface area contributed by atoms with Crippen LogP contribution in [0.4, 0.5) is 10.5 Å². The minimum Gasteiger partial charge on any atom is -0.464 e. The molecule has 0 unspecified atom stereocenters. The molecule has 186 valence electrons. The predicted molar refractivity (Wildman–Crippen MR) is 143 cm³/mol. The van der Waals surface area contributed by atoms with Gasteiger partial charge in [0.25, 0.3) is 0 Å². The number of hydrogen-bond donors (Lipinski definition) is 2. The van der Waals surface area contributed by atoms with Gasteiger partial charge >= 0.3 is 6.03 Å². The summed E-state index contributed by atoms with van der Waals surface area (Å²) in [7, 11) is -3.70. The predicted octanol–water partition coefficient (Wildman–Crippen LogP) is 5.47. The third-order valence-corrected chi connectivity index (χ3v) is 7.42. The van der Waals surface area contributed by atoms with Gasteiger partial charge in [-0.1, -0.05) is 60.7 Å². The van der Waals surface area contributed by atoms with Crippen molar-refractivity contribution in [1.29, 1.82) is 0 Å². The molecule has 0 fully saturated rings. The molecular formula is C29H25N3O4S. The van der Waals surface area contributed by atoms with Gasteiger partial charge in [-0.15, -0.1) is 0 Å². The molecule has 0 radical (unpaired) electrons. The first kappa shape index (κ1) is 23.2. The monoisotopic (exact) mass is 511 g/mol. The molecule has 1 aromatic heterocycles. The zero-order valence-electron chi connectivity index (χ0n) is 20.2. The summed E-state index contributed by atoms with van der Waals surface area (Å²) in [6, 6.07) is 23.4. The van der Waals surface area contributed by atoms with Crippen molar-refractivity contribution in [3.8, 4) is 28.1 Å². The lowest BCUT2D eigenvalue weighted by Crippen LogP contribution is -2.33. The van der Waals surface area contributed by atoms with Crippen molar-refractivity contribution in [2.45, 2.75) is 25.4 Å². The number of hydrogen-bond acceptors (Lipinski definition) is 5. The molecule has 37 heavy (non-hydrogen) atoms.